The molecule has 0 fully saturated rings. The maximum absolute atomic E-state index is 13.1. The number of carbonyl (C=O) groups excluding carboxylic acids is 2. The lowest BCUT2D eigenvalue weighted by molar-refractivity contribution is 0.0526. The molecule has 0 spiro atoms. The second-order valence-electron chi connectivity index (χ2n) is 7.28. The third-order valence-electron chi connectivity index (χ3n) is 4.99. The average molecular weight is 586 g/mol. The minimum atomic E-state index is -0.584. The topological polar surface area (TPSA) is 67.9 Å². The van der Waals surface area contributed by atoms with Crippen LogP contribution < -0.4 is 15.0 Å². The van der Waals surface area contributed by atoms with Crippen LogP contribution in [0.2, 0.25) is 20.1 Å². The smallest absolute Gasteiger partial charge is 0.338 e. The Hall–Kier alpha value is -2.55. The Morgan fingerprint density at radius 2 is 1.61 bits per heavy atom. The summed E-state index contributed by atoms with van der Waals surface area (Å²) in [5.41, 5.74) is 1.63. The van der Waals surface area contributed by atoms with Gasteiger partial charge in [0.25, 0.3) is 5.91 Å². The van der Waals surface area contributed by atoms with Crippen molar-refractivity contribution in [3.05, 3.63) is 91.4 Å². The molecule has 0 aliphatic carbocycles. The summed E-state index contributed by atoms with van der Waals surface area (Å²) in [7, 11) is 1.39. The molecule has 6 nitrogen and oxygen atoms in total. The molecular weight excluding hydrogens is 566 g/mol. The molecule has 0 heterocycles. The first-order valence-corrected chi connectivity index (χ1v) is 12.4. The van der Waals surface area contributed by atoms with E-state index in [0.29, 0.717) is 26.9 Å². The second kappa shape index (κ2) is 12.6. The maximum Gasteiger partial charge on any atom is 0.338 e. The molecular formula is C25H20Cl4N2O4S. The fourth-order valence-corrected chi connectivity index (χ4v) is 4.63. The predicted octanol–water partition coefficient (Wildman–Crippen LogP) is 7.21. The molecule has 0 atom stereocenters. The molecule has 0 aliphatic rings. The molecule has 3 aromatic rings. The Morgan fingerprint density at radius 1 is 0.972 bits per heavy atom. The van der Waals surface area contributed by atoms with Crippen molar-refractivity contribution in [2.75, 3.05) is 18.6 Å². The summed E-state index contributed by atoms with van der Waals surface area (Å²) in [6.45, 7) is 2.11. The van der Waals surface area contributed by atoms with Crippen LogP contribution in [-0.2, 0) is 11.3 Å². The molecule has 3 rings (SSSR count). The third-order valence-corrected chi connectivity index (χ3v) is 6.52. The summed E-state index contributed by atoms with van der Waals surface area (Å²) in [5.74, 6) is -0.883. The van der Waals surface area contributed by atoms with Gasteiger partial charge in [0.1, 0.15) is 5.75 Å². The van der Waals surface area contributed by atoms with E-state index in [2.05, 4.69) is 5.32 Å². The number of ether oxygens (including phenoxy) is 2. The van der Waals surface area contributed by atoms with Gasteiger partial charge in [-0.3, -0.25) is 10.1 Å². The first-order valence-electron chi connectivity index (χ1n) is 10.5. The number of rotatable bonds is 7. The van der Waals surface area contributed by atoms with E-state index >= 15 is 0 Å². The van der Waals surface area contributed by atoms with Gasteiger partial charge in [-0.15, -0.1) is 0 Å². The number of carbonyl (C=O) groups is 2. The normalized spacial score (nSPS) is 10.5. The Balaban J connectivity index is 1.97. The number of amides is 1. The van der Waals surface area contributed by atoms with Crippen LogP contribution in [0.25, 0.3) is 0 Å². The van der Waals surface area contributed by atoms with Crippen LogP contribution in [0.4, 0.5) is 5.69 Å². The summed E-state index contributed by atoms with van der Waals surface area (Å²) < 4.78 is 10.3. The SMILES string of the molecule is CCOC(=O)c1ccc(N(Cc2c(Cl)cccc2Cl)C(=S)NC(=O)c2cc(Cl)cc(Cl)c2OC)cc1. The van der Waals surface area contributed by atoms with Crippen molar-refractivity contribution in [2.24, 2.45) is 0 Å². The van der Waals surface area contributed by atoms with Gasteiger partial charge in [-0.05, 0) is 67.7 Å². The van der Waals surface area contributed by atoms with Crippen molar-refractivity contribution in [1.29, 1.82) is 0 Å². The summed E-state index contributed by atoms with van der Waals surface area (Å²) in [4.78, 5) is 26.8. The molecule has 36 heavy (non-hydrogen) atoms. The number of anilines is 1. The van der Waals surface area contributed by atoms with Gasteiger partial charge in [-0.2, -0.15) is 0 Å². The Kier molecular flexibility index (Phi) is 9.82. The second-order valence-corrected chi connectivity index (χ2v) is 9.33. The summed E-state index contributed by atoms with van der Waals surface area (Å²) in [6.07, 6.45) is 0. The summed E-state index contributed by atoms with van der Waals surface area (Å²) >= 11 is 30.7. The number of thiocarbonyl (C=S) groups is 1. The van der Waals surface area contributed by atoms with Crippen LogP contribution in [0.15, 0.2) is 54.6 Å². The van der Waals surface area contributed by atoms with Crippen molar-refractivity contribution in [2.45, 2.75) is 13.5 Å². The first kappa shape index (κ1) is 28.0. The van der Waals surface area contributed by atoms with Crippen molar-refractivity contribution in [3.8, 4) is 5.75 Å². The van der Waals surface area contributed by atoms with Crippen molar-refractivity contribution in [3.63, 3.8) is 0 Å². The van der Waals surface area contributed by atoms with E-state index in [0.717, 1.165) is 0 Å². The highest BCUT2D eigenvalue weighted by atomic mass is 35.5. The number of nitrogens with zero attached hydrogens (tertiary/aromatic N) is 1. The van der Waals surface area contributed by atoms with E-state index in [1.807, 2.05) is 0 Å². The fraction of sp³-hybridized carbons (Fsp3) is 0.160. The zero-order chi connectivity index (χ0) is 26.4. The highest BCUT2D eigenvalue weighted by Crippen LogP contribution is 2.33. The lowest BCUT2D eigenvalue weighted by Crippen LogP contribution is -2.42. The van der Waals surface area contributed by atoms with E-state index in [9.17, 15) is 9.59 Å². The van der Waals surface area contributed by atoms with Crippen molar-refractivity contribution < 1.29 is 19.1 Å². The number of esters is 1. The van der Waals surface area contributed by atoms with Crippen LogP contribution in [0.3, 0.4) is 0 Å². The molecule has 1 N–H and O–H groups in total. The van der Waals surface area contributed by atoms with Gasteiger partial charge in [0.2, 0.25) is 0 Å². The summed E-state index contributed by atoms with van der Waals surface area (Å²) in [5, 5.41) is 4.00. The van der Waals surface area contributed by atoms with Crippen molar-refractivity contribution in [1.82, 2.24) is 5.32 Å². The molecule has 3 aromatic carbocycles. The Morgan fingerprint density at radius 3 is 2.19 bits per heavy atom. The van der Waals surface area contributed by atoms with Crippen LogP contribution >= 0.6 is 58.6 Å². The number of halogens is 4. The molecule has 0 aromatic heterocycles. The zero-order valence-electron chi connectivity index (χ0n) is 19.1. The molecule has 188 valence electrons. The van der Waals surface area contributed by atoms with Crippen LogP contribution in [-0.4, -0.2) is 30.7 Å². The van der Waals surface area contributed by atoms with E-state index in [1.165, 1.54) is 19.2 Å². The molecule has 0 radical (unpaired) electrons. The van der Waals surface area contributed by atoms with Crippen LogP contribution in [0, 0.1) is 0 Å². The van der Waals surface area contributed by atoms with Gasteiger partial charge in [0.15, 0.2) is 5.11 Å². The number of hydrogen-bond acceptors (Lipinski definition) is 5. The first-order chi connectivity index (χ1) is 17.2. The molecule has 0 saturated carbocycles. The van der Waals surface area contributed by atoms with E-state index in [-0.39, 0.29) is 39.6 Å². The minimum Gasteiger partial charge on any atom is -0.494 e. The number of benzene rings is 3. The lowest BCUT2D eigenvalue weighted by Gasteiger charge is -2.27. The Bertz CT molecular complexity index is 1280. The number of hydrogen-bond donors (Lipinski definition) is 1. The molecule has 0 unspecified atom stereocenters. The van der Waals surface area contributed by atoms with Crippen LogP contribution in [0.5, 0.6) is 5.75 Å². The fourth-order valence-electron chi connectivity index (χ4n) is 3.28. The Labute approximate surface area is 234 Å². The monoisotopic (exact) mass is 584 g/mol. The predicted molar refractivity (Wildman–Crippen MR) is 148 cm³/mol. The molecule has 0 saturated heterocycles. The highest BCUT2D eigenvalue weighted by Gasteiger charge is 2.22. The van der Waals surface area contributed by atoms with Gasteiger partial charge in [0.05, 0.1) is 36.4 Å². The third kappa shape index (κ3) is 6.60. The van der Waals surface area contributed by atoms with Crippen LogP contribution in [0.1, 0.15) is 33.2 Å². The highest BCUT2D eigenvalue weighted by molar-refractivity contribution is 7.80. The number of nitrogens with one attached hydrogen (secondary N) is 1. The van der Waals surface area contributed by atoms with E-state index < -0.39 is 11.9 Å². The van der Waals surface area contributed by atoms with Gasteiger partial charge in [0, 0.05) is 26.3 Å². The quantitative estimate of drug-likeness (QED) is 0.233. The van der Waals surface area contributed by atoms with Gasteiger partial charge in [-0.25, -0.2) is 4.79 Å². The molecule has 1 amide bonds. The van der Waals surface area contributed by atoms with E-state index in [4.69, 9.17) is 68.1 Å². The minimum absolute atomic E-state index is 0.0398. The van der Waals surface area contributed by atoms with E-state index in [1.54, 1.807) is 54.3 Å². The van der Waals surface area contributed by atoms with Gasteiger partial charge in [-0.1, -0.05) is 52.5 Å². The molecule has 11 heteroatoms. The van der Waals surface area contributed by atoms with Gasteiger partial charge >= 0.3 is 5.97 Å². The standard InChI is InChI=1S/C25H20Cl4N2O4S/c1-3-35-24(33)14-7-9-16(10-8-14)31(13-18-19(27)5-4-6-20(18)28)25(36)30-23(32)17-11-15(26)12-21(29)22(17)34-2/h4-12H,3,13H2,1-2H3,(H,30,32,36). The molecule has 0 bridgehead atoms. The van der Waals surface area contributed by atoms with Crippen molar-refractivity contribution >= 4 is 81.3 Å². The summed E-state index contributed by atoms with van der Waals surface area (Å²) in [6, 6.07) is 14.6. The molecule has 0 aliphatic heterocycles. The average Bonchev–Trinajstić information content (AvgIpc) is 2.83. The zero-order valence-corrected chi connectivity index (χ0v) is 23.0. The lowest BCUT2D eigenvalue weighted by atomic mass is 10.1. The number of methoxy groups -OCH3 is 1. The van der Waals surface area contributed by atoms with Gasteiger partial charge < -0.3 is 14.4 Å². The largest absolute Gasteiger partial charge is 0.494 e. The maximum atomic E-state index is 13.1.